The molecule has 1 fully saturated rings. The molecule has 0 aromatic heterocycles. The zero-order valence-corrected chi connectivity index (χ0v) is 15.7. The van der Waals surface area contributed by atoms with Gasteiger partial charge in [0.1, 0.15) is 17.1 Å². The second kappa shape index (κ2) is 6.72. The molecule has 0 atom stereocenters. The van der Waals surface area contributed by atoms with Crippen molar-refractivity contribution in [1.82, 2.24) is 4.90 Å². The van der Waals surface area contributed by atoms with Crippen molar-refractivity contribution in [1.29, 1.82) is 0 Å². The molecule has 0 unspecified atom stereocenters. The number of rotatable bonds is 1. The zero-order valence-electron chi connectivity index (χ0n) is 15.7. The van der Waals surface area contributed by atoms with Crippen LogP contribution in [0.3, 0.4) is 0 Å². The van der Waals surface area contributed by atoms with Gasteiger partial charge in [-0.25, -0.2) is 4.79 Å². The lowest BCUT2D eigenvalue weighted by molar-refractivity contribution is -0.00492. The number of carbonyl (C=O) groups is 2. The van der Waals surface area contributed by atoms with Crippen LogP contribution >= 0.6 is 0 Å². The molecule has 2 aromatic rings. The summed E-state index contributed by atoms with van der Waals surface area (Å²) in [5.41, 5.74) is 2.29. The molecular weight excluding hydrogens is 342 g/mol. The molecule has 0 N–H and O–H groups in total. The Balaban J connectivity index is 1.46. The lowest BCUT2D eigenvalue weighted by atomic mass is 9.81. The lowest BCUT2D eigenvalue weighted by Gasteiger charge is -2.44. The minimum atomic E-state index is -0.522. The summed E-state index contributed by atoms with van der Waals surface area (Å²) in [7, 11) is 0. The summed E-state index contributed by atoms with van der Waals surface area (Å²) in [6.07, 6.45) is 1.25. The third-order valence-corrected chi connectivity index (χ3v) is 5.66. The molecule has 5 heteroatoms. The number of hydrogen-bond donors (Lipinski definition) is 0. The Morgan fingerprint density at radius 2 is 1.78 bits per heavy atom. The van der Waals surface area contributed by atoms with Crippen LogP contribution in [0, 0.1) is 13.8 Å². The third kappa shape index (κ3) is 3.29. The lowest BCUT2D eigenvalue weighted by Crippen LogP contribution is -2.52. The summed E-state index contributed by atoms with van der Waals surface area (Å²) >= 11 is 0. The molecule has 0 bridgehead atoms. The summed E-state index contributed by atoms with van der Waals surface area (Å²) in [4.78, 5) is 26.8. The average Bonchev–Trinajstić information content (AvgIpc) is 2.66. The number of Topliss-reactive ketones (excluding diaryl/α,β-unsaturated/α-hetero) is 1. The fourth-order valence-corrected chi connectivity index (χ4v) is 3.81. The molecule has 27 heavy (non-hydrogen) atoms. The van der Waals surface area contributed by atoms with E-state index in [2.05, 4.69) is 0 Å². The van der Waals surface area contributed by atoms with Crippen LogP contribution in [0.2, 0.25) is 0 Å². The van der Waals surface area contributed by atoms with E-state index in [1.54, 1.807) is 17.0 Å². The number of carbonyl (C=O) groups excluding carboxylic acids is 2. The normalized spacial score (nSPS) is 18.0. The van der Waals surface area contributed by atoms with Crippen molar-refractivity contribution < 1.29 is 19.1 Å². The topological polar surface area (TPSA) is 55.8 Å². The molecule has 4 rings (SSSR count). The minimum absolute atomic E-state index is 0.125. The van der Waals surface area contributed by atoms with Crippen LogP contribution in [0.4, 0.5) is 4.79 Å². The van der Waals surface area contributed by atoms with E-state index in [1.807, 2.05) is 44.2 Å². The first-order chi connectivity index (χ1) is 13.0. The van der Waals surface area contributed by atoms with Crippen molar-refractivity contribution in [2.75, 3.05) is 13.1 Å². The molecular formula is C22H23NO4. The molecule has 140 valence electrons. The number of hydrogen-bond acceptors (Lipinski definition) is 4. The van der Waals surface area contributed by atoms with E-state index in [1.165, 1.54) is 0 Å². The van der Waals surface area contributed by atoms with Crippen molar-refractivity contribution in [2.45, 2.75) is 38.7 Å². The number of nitrogens with zero attached hydrogens (tertiary/aromatic N) is 1. The van der Waals surface area contributed by atoms with Crippen molar-refractivity contribution in [3.05, 3.63) is 59.2 Å². The number of amides is 1. The molecule has 0 saturated carbocycles. The van der Waals surface area contributed by atoms with Crippen molar-refractivity contribution in [2.24, 2.45) is 0 Å². The largest absolute Gasteiger partial charge is 0.486 e. The quantitative estimate of drug-likeness (QED) is 0.756. The van der Waals surface area contributed by atoms with E-state index >= 15 is 0 Å². The fraction of sp³-hybridized carbons (Fsp3) is 0.364. The predicted molar refractivity (Wildman–Crippen MR) is 101 cm³/mol. The van der Waals surface area contributed by atoms with Crippen LogP contribution in [-0.4, -0.2) is 35.5 Å². The zero-order chi connectivity index (χ0) is 19.0. The average molecular weight is 365 g/mol. The van der Waals surface area contributed by atoms with Gasteiger partial charge in [-0.05, 0) is 43.2 Å². The van der Waals surface area contributed by atoms with Crippen LogP contribution in [0.1, 0.15) is 40.7 Å². The van der Waals surface area contributed by atoms with E-state index in [0.717, 1.165) is 11.1 Å². The molecule has 2 aliphatic rings. The van der Waals surface area contributed by atoms with Crippen LogP contribution in [0.5, 0.6) is 11.5 Å². The smallest absolute Gasteiger partial charge is 0.415 e. The highest BCUT2D eigenvalue weighted by atomic mass is 16.6. The number of para-hydroxylation sites is 1. The van der Waals surface area contributed by atoms with E-state index in [4.69, 9.17) is 9.47 Å². The highest BCUT2D eigenvalue weighted by molar-refractivity contribution is 6.01. The number of aryl methyl sites for hydroxylation is 1. The Morgan fingerprint density at radius 3 is 2.48 bits per heavy atom. The summed E-state index contributed by atoms with van der Waals surface area (Å²) in [6, 6.07) is 12.9. The van der Waals surface area contributed by atoms with Gasteiger partial charge in [-0.1, -0.05) is 24.3 Å². The molecule has 5 nitrogen and oxygen atoms in total. The van der Waals surface area contributed by atoms with Gasteiger partial charge in [0.15, 0.2) is 5.78 Å². The Labute approximate surface area is 158 Å². The Morgan fingerprint density at radius 1 is 1.07 bits per heavy atom. The van der Waals surface area contributed by atoms with Crippen molar-refractivity contribution in [3.63, 3.8) is 0 Å². The number of ketones is 1. The van der Waals surface area contributed by atoms with Gasteiger partial charge in [-0.3, -0.25) is 4.79 Å². The third-order valence-electron chi connectivity index (χ3n) is 5.66. The van der Waals surface area contributed by atoms with Crippen LogP contribution in [0.15, 0.2) is 42.5 Å². The van der Waals surface area contributed by atoms with Gasteiger partial charge in [-0.2, -0.15) is 0 Å². The highest BCUT2D eigenvalue weighted by Crippen LogP contribution is 2.41. The maximum atomic E-state index is 12.7. The number of fused-ring (bicyclic) bond motifs is 1. The maximum Gasteiger partial charge on any atom is 0.415 e. The number of likely N-dealkylation sites (tertiary alicyclic amines) is 1. The molecule has 1 saturated heterocycles. The van der Waals surface area contributed by atoms with Gasteiger partial charge in [0, 0.05) is 25.9 Å². The molecule has 2 aromatic carbocycles. The molecule has 2 aliphatic heterocycles. The predicted octanol–water partition coefficient (Wildman–Crippen LogP) is 4.30. The second-order valence-corrected chi connectivity index (χ2v) is 7.44. The molecule has 1 spiro atoms. The van der Waals surface area contributed by atoms with E-state index in [9.17, 15) is 9.59 Å². The van der Waals surface area contributed by atoms with Crippen molar-refractivity contribution >= 4 is 11.9 Å². The van der Waals surface area contributed by atoms with Crippen LogP contribution in [-0.2, 0) is 0 Å². The standard InChI is InChI=1S/C22H23NO4/c1-15-8-9-18-19(24)14-22(27-20(18)16(15)2)10-12-23(13-11-22)21(25)26-17-6-4-3-5-7-17/h3-9H,10-14H2,1-2H3. The minimum Gasteiger partial charge on any atom is -0.486 e. The first-order valence-corrected chi connectivity index (χ1v) is 9.32. The molecule has 0 aliphatic carbocycles. The Bertz CT molecular complexity index is 883. The van der Waals surface area contributed by atoms with Gasteiger partial charge < -0.3 is 14.4 Å². The first-order valence-electron chi connectivity index (χ1n) is 9.32. The van der Waals surface area contributed by atoms with Gasteiger partial charge in [0.25, 0.3) is 0 Å². The van der Waals surface area contributed by atoms with E-state index < -0.39 is 5.60 Å². The number of ether oxygens (including phenoxy) is 2. The summed E-state index contributed by atoms with van der Waals surface area (Å²) in [6.45, 7) is 5.04. The van der Waals surface area contributed by atoms with Crippen LogP contribution < -0.4 is 9.47 Å². The summed E-state index contributed by atoms with van der Waals surface area (Å²) < 4.78 is 11.8. The van der Waals surface area contributed by atoms with Gasteiger partial charge in [0.2, 0.25) is 0 Å². The number of piperidine rings is 1. The Kier molecular flexibility index (Phi) is 4.38. The molecule has 0 radical (unpaired) electrons. The molecule has 1 amide bonds. The van der Waals surface area contributed by atoms with Crippen molar-refractivity contribution in [3.8, 4) is 11.5 Å². The Hall–Kier alpha value is -2.82. The SMILES string of the molecule is Cc1ccc2c(c1C)OC1(CCN(C(=O)Oc3ccccc3)CC1)CC2=O. The van der Waals surface area contributed by atoms with Gasteiger partial charge in [0.05, 0.1) is 12.0 Å². The summed E-state index contributed by atoms with van der Waals surface area (Å²) in [5, 5.41) is 0. The first kappa shape index (κ1) is 17.6. The summed E-state index contributed by atoms with van der Waals surface area (Å²) in [5.74, 6) is 1.37. The second-order valence-electron chi connectivity index (χ2n) is 7.44. The molecule has 2 heterocycles. The monoisotopic (exact) mass is 365 g/mol. The van der Waals surface area contributed by atoms with Gasteiger partial charge in [-0.15, -0.1) is 0 Å². The number of benzene rings is 2. The highest BCUT2D eigenvalue weighted by Gasteiger charge is 2.44. The van der Waals surface area contributed by atoms with E-state index in [0.29, 0.717) is 49.4 Å². The van der Waals surface area contributed by atoms with E-state index in [-0.39, 0.29) is 11.9 Å². The van der Waals surface area contributed by atoms with Crippen LogP contribution in [0.25, 0.3) is 0 Å². The maximum absolute atomic E-state index is 12.7. The van der Waals surface area contributed by atoms with Gasteiger partial charge >= 0.3 is 6.09 Å². The fourth-order valence-electron chi connectivity index (χ4n) is 3.81.